The Kier molecular flexibility index (Phi) is 6.77. The van der Waals surface area contributed by atoms with Gasteiger partial charge < -0.3 is 4.90 Å². The highest BCUT2D eigenvalue weighted by Gasteiger charge is 2.00. The third-order valence-electron chi connectivity index (χ3n) is 4.65. The average molecular weight is 370 g/mol. The summed E-state index contributed by atoms with van der Waals surface area (Å²) in [5, 5.41) is 0. The molecule has 28 heavy (non-hydrogen) atoms. The second kappa shape index (κ2) is 9.67. The number of nitrogens with zero attached hydrogens (tertiary/aromatic N) is 2. The van der Waals surface area contributed by atoms with Gasteiger partial charge in [-0.1, -0.05) is 73.7 Å². The van der Waals surface area contributed by atoms with Crippen molar-refractivity contribution in [3.8, 4) is 5.69 Å². The fourth-order valence-corrected chi connectivity index (χ4v) is 2.81. The van der Waals surface area contributed by atoms with E-state index in [-0.39, 0.29) is 5.56 Å². The van der Waals surface area contributed by atoms with Crippen molar-refractivity contribution in [2.75, 3.05) is 20.1 Å². The van der Waals surface area contributed by atoms with E-state index in [1.807, 2.05) is 79.0 Å². The van der Waals surface area contributed by atoms with Crippen LogP contribution in [0.1, 0.15) is 23.6 Å². The predicted molar refractivity (Wildman–Crippen MR) is 120 cm³/mol. The molecule has 0 bridgehead atoms. The maximum absolute atomic E-state index is 12.5. The van der Waals surface area contributed by atoms with E-state index < -0.39 is 0 Å². The lowest BCUT2D eigenvalue weighted by molar-refractivity contribution is 0.393. The maximum atomic E-state index is 12.5. The first-order valence-corrected chi connectivity index (χ1v) is 9.57. The molecule has 0 atom stereocenters. The summed E-state index contributed by atoms with van der Waals surface area (Å²) in [6.45, 7) is 4.10. The number of aromatic nitrogens is 1. The van der Waals surface area contributed by atoms with Gasteiger partial charge in [-0.15, -0.1) is 0 Å². The van der Waals surface area contributed by atoms with Crippen molar-refractivity contribution in [1.82, 2.24) is 9.47 Å². The van der Waals surface area contributed by atoms with Gasteiger partial charge in [-0.2, -0.15) is 0 Å². The number of likely N-dealkylation sites (N-methyl/N-ethyl adjacent to an activating group) is 1. The van der Waals surface area contributed by atoms with E-state index in [1.54, 1.807) is 10.6 Å². The molecule has 0 aliphatic carbocycles. The van der Waals surface area contributed by atoms with Crippen LogP contribution in [0.15, 0.2) is 83.8 Å². The van der Waals surface area contributed by atoms with Gasteiger partial charge in [0.05, 0.1) is 0 Å². The molecule has 3 nitrogen and oxygen atoms in total. The Morgan fingerprint density at radius 2 is 1.54 bits per heavy atom. The fourth-order valence-electron chi connectivity index (χ4n) is 2.81. The van der Waals surface area contributed by atoms with Crippen LogP contribution in [0.3, 0.4) is 0 Å². The zero-order chi connectivity index (χ0) is 19.8. The second-order valence-corrected chi connectivity index (χ2v) is 6.76. The normalized spacial score (nSPS) is 11.7. The number of hydrogen-bond donors (Lipinski definition) is 0. The Hall–Kier alpha value is -3.17. The summed E-state index contributed by atoms with van der Waals surface area (Å²) in [5.74, 6) is 0. The molecular formula is C25H26N2O. The molecule has 0 fully saturated rings. The highest BCUT2D eigenvalue weighted by molar-refractivity contribution is 5.69. The molecule has 0 amide bonds. The highest BCUT2D eigenvalue weighted by Crippen LogP contribution is 2.11. The van der Waals surface area contributed by atoms with Gasteiger partial charge in [-0.05, 0) is 48.5 Å². The molecule has 0 aliphatic heterocycles. The summed E-state index contributed by atoms with van der Waals surface area (Å²) >= 11 is 0. The van der Waals surface area contributed by atoms with Crippen LogP contribution in [-0.2, 0) is 0 Å². The minimum Gasteiger partial charge on any atom is -0.303 e. The highest BCUT2D eigenvalue weighted by atomic mass is 16.1. The Balaban J connectivity index is 1.72. The number of hydrogen-bond acceptors (Lipinski definition) is 2. The van der Waals surface area contributed by atoms with Crippen LogP contribution in [0.25, 0.3) is 23.9 Å². The van der Waals surface area contributed by atoms with Crippen LogP contribution in [0.2, 0.25) is 0 Å². The van der Waals surface area contributed by atoms with Gasteiger partial charge in [0.1, 0.15) is 0 Å². The lowest BCUT2D eigenvalue weighted by Crippen LogP contribution is -2.17. The van der Waals surface area contributed by atoms with Crippen LogP contribution in [0.4, 0.5) is 0 Å². The standard InChI is InChI=1S/C25H26N2O/c1-3-26(2)18-7-10-22-13-15-24(16-14-22)27-19-17-23(20-25(27)28)12-11-21-8-5-4-6-9-21/h4-17,19-20H,3,18H2,1-2H3. The topological polar surface area (TPSA) is 25.2 Å². The van der Waals surface area contributed by atoms with Crippen LogP contribution >= 0.6 is 0 Å². The Morgan fingerprint density at radius 1 is 0.857 bits per heavy atom. The molecule has 0 radical (unpaired) electrons. The number of benzene rings is 2. The maximum Gasteiger partial charge on any atom is 0.255 e. The first-order valence-electron chi connectivity index (χ1n) is 9.57. The minimum absolute atomic E-state index is 0.0388. The fraction of sp³-hybridized carbons (Fsp3) is 0.160. The first kappa shape index (κ1) is 19.6. The van der Waals surface area contributed by atoms with Gasteiger partial charge in [0.25, 0.3) is 5.56 Å². The molecule has 0 N–H and O–H groups in total. The minimum atomic E-state index is -0.0388. The first-order chi connectivity index (χ1) is 13.7. The van der Waals surface area contributed by atoms with Crippen molar-refractivity contribution in [1.29, 1.82) is 0 Å². The molecule has 3 rings (SSSR count). The molecule has 3 aromatic rings. The number of pyridine rings is 1. The number of rotatable bonds is 7. The lowest BCUT2D eigenvalue weighted by atomic mass is 10.1. The summed E-state index contributed by atoms with van der Waals surface area (Å²) in [7, 11) is 2.10. The molecule has 0 spiro atoms. The van der Waals surface area contributed by atoms with Crippen LogP contribution in [0, 0.1) is 0 Å². The molecule has 0 saturated heterocycles. The summed E-state index contributed by atoms with van der Waals surface area (Å²) in [6.07, 6.45) is 10.1. The monoisotopic (exact) mass is 370 g/mol. The molecule has 0 saturated carbocycles. The van der Waals surface area contributed by atoms with E-state index in [0.717, 1.165) is 35.5 Å². The van der Waals surface area contributed by atoms with Gasteiger partial charge >= 0.3 is 0 Å². The Morgan fingerprint density at radius 3 is 2.21 bits per heavy atom. The third kappa shape index (κ3) is 5.41. The van der Waals surface area contributed by atoms with E-state index in [0.29, 0.717) is 0 Å². The van der Waals surface area contributed by atoms with E-state index in [2.05, 4.69) is 31.0 Å². The predicted octanol–water partition coefficient (Wildman–Crippen LogP) is 4.97. The lowest BCUT2D eigenvalue weighted by Gasteiger charge is -2.09. The van der Waals surface area contributed by atoms with Gasteiger partial charge in [0.15, 0.2) is 0 Å². The molecule has 3 heteroatoms. The third-order valence-corrected chi connectivity index (χ3v) is 4.65. The summed E-state index contributed by atoms with van der Waals surface area (Å²) in [5.41, 5.74) is 3.96. The Bertz CT molecular complexity index is 999. The van der Waals surface area contributed by atoms with Crippen LogP contribution < -0.4 is 5.56 Å². The van der Waals surface area contributed by atoms with Crippen molar-refractivity contribution in [3.63, 3.8) is 0 Å². The molecular weight excluding hydrogens is 344 g/mol. The van der Waals surface area contributed by atoms with Crippen molar-refractivity contribution in [2.24, 2.45) is 0 Å². The van der Waals surface area contributed by atoms with Crippen molar-refractivity contribution >= 4 is 18.2 Å². The molecule has 0 aliphatic rings. The van der Waals surface area contributed by atoms with Gasteiger partial charge in [-0.25, -0.2) is 0 Å². The Labute approximate surface area is 166 Å². The molecule has 0 unspecified atom stereocenters. The van der Waals surface area contributed by atoms with Crippen molar-refractivity contribution in [2.45, 2.75) is 6.92 Å². The quantitative estimate of drug-likeness (QED) is 0.586. The second-order valence-electron chi connectivity index (χ2n) is 6.76. The van der Waals surface area contributed by atoms with Crippen LogP contribution in [-0.4, -0.2) is 29.6 Å². The van der Waals surface area contributed by atoms with Gasteiger partial charge in [-0.3, -0.25) is 9.36 Å². The zero-order valence-electron chi connectivity index (χ0n) is 16.5. The van der Waals surface area contributed by atoms with Crippen molar-refractivity contribution < 1.29 is 0 Å². The SMILES string of the molecule is CCN(C)CC=Cc1ccc(-n2ccc(C=Cc3ccccc3)cc2=O)cc1. The zero-order valence-corrected chi connectivity index (χ0v) is 16.5. The molecule has 1 aromatic heterocycles. The largest absolute Gasteiger partial charge is 0.303 e. The van der Waals surface area contributed by atoms with E-state index in [9.17, 15) is 4.79 Å². The smallest absolute Gasteiger partial charge is 0.255 e. The molecule has 142 valence electrons. The molecule has 1 heterocycles. The van der Waals surface area contributed by atoms with Crippen molar-refractivity contribution in [3.05, 3.63) is 106 Å². The summed E-state index contributed by atoms with van der Waals surface area (Å²) in [6, 6.07) is 21.7. The van der Waals surface area contributed by atoms with E-state index >= 15 is 0 Å². The van der Waals surface area contributed by atoms with Gasteiger partial charge in [0, 0.05) is 24.5 Å². The molecule has 2 aromatic carbocycles. The summed E-state index contributed by atoms with van der Waals surface area (Å²) in [4.78, 5) is 14.8. The van der Waals surface area contributed by atoms with E-state index in [1.165, 1.54) is 0 Å². The summed E-state index contributed by atoms with van der Waals surface area (Å²) < 4.78 is 1.66. The average Bonchev–Trinajstić information content (AvgIpc) is 2.73. The van der Waals surface area contributed by atoms with E-state index in [4.69, 9.17) is 0 Å². The van der Waals surface area contributed by atoms with Gasteiger partial charge in [0.2, 0.25) is 0 Å². The van der Waals surface area contributed by atoms with Crippen LogP contribution in [0.5, 0.6) is 0 Å².